The molecule has 7 heteroatoms. The lowest BCUT2D eigenvalue weighted by atomic mass is 10.1. The molecule has 174 valence electrons. The number of aliphatic hydroxyl groups is 1. The molecule has 4 rings (SSSR count). The van der Waals surface area contributed by atoms with Crippen molar-refractivity contribution in [1.82, 2.24) is 4.57 Å². The highest BCUT2D eigenvalue weighted by molar-refractivity contribution is 9.10. The van der Waals surface area contributed by atoms with E-state index in [0.717, 1.165) is 34.9 Å². The van der Waals surface area contributed by atoms with Gasteiger partial charge in [-0.1, -0.05) is 58.4 Å². The number of rotatable bonds is 8. The standard InChI is InChI=1S/C26H28BrNO5/c1-18-24(30)25(32-17-19-7-3-2-4-8-19)23(20-10-12-21(27)13-11-20)28(14-15-29)26(18)33-22-9-5-6-16-31-22/h2-4,7-8,10-13,22,29H,5-6,9,14-17H2,1H3. The first kappa shape index (κ1) is 23.5. The summed E-state index contributed by atoms with van der Waals surface area (Å²) in [6.07, 6.45) is 2.34. The Hall–Kier alpha value is -2.61. The smallest absolute Gasteiger partial charge is 0.230 e. The van der Waals surface area contributed by atoms with Gasteiger partial charge in [0, 0.05) is 23.0 Å². The molecule has 1 fully saturated rings. The molecule has 33 heavy (non-hydrogen) atoms. The number of hydrogen-bond donors (Lipinski definition) is 1. The number of benzene rings is 2. The number of hydrogen-bond acceptors (Lipinski definition) is 5. The van der Waals surface area contributed by atoms with Crippen LogP contribution in [0.2, 0.25) is 0 Å². The van der Waals surface area contributed by atoms with Gasteiger partial charge in [0.15, 0.2) is 5.75 Å². The van der Waals surface area contributed by atoms with Gasteiger partial charge in [0.1, 0.15) is 6.61 Å². The molecule has 1 unspecified atom stereocenters. The van der Waals surface area contributed by atoms with Crippen molar-refractivity contribution >= 4 is 15.9 Å². The van der Waals surface area contributed by atoms with Gasteiger partial charge in [-0.3, -0.25) is 4.79 Å². The molecular weight excluding hydrogens is 486 g/mol. The molecule has 1 aliphatic heterocycles. The third-order valence-corrected chi connectivity index (χ3v) is 6.17. The van der Waals surface area contributed by atoms with Crippen LogP contribution in [-0.4, -0.2) is 29.2 Å². The molecule has 1 saturated heterocycles. The van der Waals surface area contributed by atoms with Crippen LogP contribution in [0.15, 0.2) is 63.9 Å². The van der Waals surface area contributed by atoms with E-state index < -0.39 is 6.29 Å². The molecule has 0 bridgehead atoms. The number of ether oxygens (including phenoxy) is 3. The molecule has 0 radical (unpaired) electrons. The Morgan fingerprint density at radius 1 is 1.12 bits per heavy atom. The second-order valence-corrected chi connectivity index (χ2v) is 8.92. The molecule has 0 spiro atoms. The van der Waals surface area contributed by atoms with Gasteiger partial charge in [-0.2, -0.15) is 0 Å². The zero-order valence-corrected chi connectivity index (χ0v) is 20.2. The number of nitrogens with zero attached hydrogens (tertiary/aromatic N) is 1. The Labute approximate surface area is 201 Å². The minimum Gasteiger partial charge on any atom is -0.483 e. The van der Waals surface area contributed by atoms with Gasteiger partial charge in [-0.05, 0) is 37.5 Å². The number of aliphatic hydroxyl groups excluding tert-OH is 1. The van der Waals surface area contributed by atoms with Crippen molar-refractivity contribution in [2.24, 2.45) is 0 Å². The van der Waals surface area contributed by atoms with E-state index in [9.17, 15) is 9.90 Å². The quantitative estimate of drug-likeness (QED) is 0.455. The second kappa shape index (κ2) is 11.0. The van der Waals surface area contributed by atoms with E-state index in [1.807, 2.05) is 59.2 Å². The van der Waals surface area contributed by atoms with Gasteiger partial charge < -0.3 is 23.9 Å². The van der Waals surface area contributed by atoms with E-state index in [1.165, 1.54) is 0 Å². The third-order valence-electron chi connectivity index (χ3n) is 5.65. The van der Waals surface area contributed by atoms with Crippen LogP contribution in [-0.2, 0) is 17.9 Å². The zero-order valence-electron chi connectivity index (χ0n) is 18.6. The van der Waals surface area contributed by atoms with E-state index >= 15 is 0 Å². The van der Waals surface area contributed by atoms with Crippen molar-refractivity contribution in [3.63, 3.8) is 0 Å². The maximum absolute atomic E-state index is 13.5. The largest absolute Gasteiger partial charge is 0.483 e. The normalized spacial score (nSPS) is 15.9. The van der Waals surface area contributed by atoms with Gasteiger partial charge in [0.05, 0.1) is 24.5 Å². The van der Waals surface area contributed by atoms with Crippen molar-refractivity contribution < 1.29 is 19.3 Å². The lowest BCUT2D eigenvalue weighted by Crippen LogP contribution is -2.29. The Balaban J connectivity index is 1.85. The zero-order chi connectivity index (χ0) is 23.2. The topological polar surface area (TPSA) is 69.9 Å². The molecular formula is C26H28BrNO5. The summed E-state index contributed by atoms with van der Waals surface area (Å²) in [5, 5.41) is 9.89. The van der Waals surface area contributed by atoms with Crippen LogP contribution in [0, 0.1) is 6.92 Å². The molecule has 1 atom stereocenters. The van der Waals surface area contributed by atoms with E-state index in [0.29, 0.717) is 23.7 Å². The first-order chi connectivity index (χ1) is 16.1. The van der Waals surface area contributed by atoms with Crippen LogP contribution in [0.4, 0.5) is 0 Å². The summed E-state index contributed by atoms with van der Waals surface area (Å²) in [6, 6.07) is 17.4. The number of halogens is 1. The SMILES string of the molecule is Cc1c(OC2CCCCO2)n(CCO)c(-c2ccc(Br)cc2)c(OCc2ccccc2)c1=O. The molecule has 1 aliphatic rings. The highest BCUT2D eigenvalue weighted by Gasteiger charge is 2.26. The van der Waals surface area contributed by atoms with E-state index in [2.05, 4.69) is 15.9 Å². The van der Waals surface area contributed by atoms with Gasteiger partial charge in [0.25, 0.3) is 0 Å². The van der Waals surface area contributed by atoms with Crippen LogP contribution >= 0.6 is 15.9 Å². The first-order valence-corrected chi connectivity index (χ1v) is 12.0. The van der Waals surface area contributed by atoms with E-state index in [1.54, 1.807) is 6.92 Å². The average Bonchev–Trinajstić information content (AvgIpc) is 2.85. The van der Waals surface area contributed by atoms with Crippen LogP contribution in [0.1, 0.15) is 30.4 Å². The Kier molecular flexibility index (Phi) is 7.85. The maximum Gasteiger partial charge on any atom is 0.230 e. The monoisotopic (exact) mass is 513 g/mol. The molecule has 2 heterocycles. The lowest BCUT2D eigenvalue weighted by Gasteiger charge is -2.28. The molecule has 2 aromatic carbocycles. The van der Waals surface area contributed by atoms with Crippen LogP contribution < -0.4 is 14.9 Å². The van der Waals surface area contributed by atoms with Gasteiger partial charge in [-0.25, -0.2) is 0 Å². The van der Waals surface area contributed by atoms with E-state index in [-0.39, 0.29) is 30.9 Å². The predicted octanol–water partition coefficient (Wildman–Crippen LogP) is 5.06. The molecule has 6 nitrogen and oxygen atoms in total. The summed E-state index contributed by atoms with van der Waals surface area (Å²) in [7, 11) is 0. The molecule has 0 aliphatic carbocycles. The Bertz CT molecular complexity index is 1120. The lowest BCUT2D eigenvalue weighted by molar-refractivity contribution is -0.109. The Morgan fingerprint density at radius 2 is 1.88 bits per heavy atom. The Morgan fingerprint density at radius 3 is 2.55 bits per heavy atom. The summed E-state index contributed by atoms with van der Waals surface area (Å²) < 4.78 is 20.9. The van der Waals surface area contributed by atoms with Crippen molar-refractivity contribution in [2.45, 2.75) is 45.6 Å². The van der Waals surface area contributed by atoms with Crippen molar-refractivity contribution in [3.05, 3.63) is 80.4 Å². The molecule has 0 saturated carbocycles. The number of aromatic nitrogens is 1. The predicted molar refractivity (Wildman–Crippen MR) is 131 cm³/mol. The minimum atomic E-state index is -0.421. The van der Waals surface area contributed by atoms with E-state index in [4.69, 9.17) is 14.2 Å². The average molecular weight is 514 g/mol. The summed E-state index contributed by atoms with van der Waals surface area (Å²) in [4.78, 5) is 13.5. The summed E-state index contributed by atoms with van der Waals surface area (Å²) in [6.45, 7) is 2.74. The molecule has 0 amide bonds. The van der Waals surface area contributed by atoms with Gasteiger partial charge in [0.2, 0.25) is 17.6 Å². The first-order valence-electron chi connectivity index (χ1n) is 11.2. The van der Waals surface area contributed by atoms with Crippen molar-refractivity contribution in [2.75, 3.05) is 13.2 Å². The van der Waals surface area contributed by atoms with Gasteiger partial charge >= 0.3 is 0 Å². The second-order valence-electron chi connectivity index (χ2n) is 8.01. The fraction of sp³-hybridized carbons (Fsp3) is 0.346. The third kappa shape index (κ3) is 5.49. The summed E-state index contributed by atoms with van der Waals surface area (Å²) in [5.74, 6) is 0.648. The fourth-order valence-corrected chi connectivity index (χ4v) is 4.22. The maximum atomic E-state index is 13.5. The van der Waals surface area contributed by atoms with Crippen molar-refractivity contribution in [3.8, 4) is 22.9 Å². The van der Waals surface area contributed by atoms with Crippen LogP contribution in [0.25, 0.3) is 11.3 Å². The highest BCUT2D eigenvalue weighted by Crippen LogP contribution is 2.35. The van der Waals surface area contributed by atoms with Crippen molar-refractivity contribution in [1.29, 1.82) is 0 Å². The van der Waals surface area contributed by atoms with Crippen LogP contribution in [0.3, 0.4) is 0 Å². The van der Waals surface area contributed by atoms with Crippen LogP contribution in [0.5, 0.6) is 11.6 Å². The fourth-order valence-electron chi connectivity index (χ4n) is 3.95. The van der Waals surface area contributed by atoms with Gasteiger partial charge in [-0.15, -0.1) is 0 Å². The summed E-state index contributed by atoms with van der Waals surface area (Å²) >= 11 is 3.47. The molecule has 3 aromatic rings. The molecule has 1 N–H and O–H groups in total. The number of pyridine rings is 1. The minimum absolute atomic E-state index is 0.119. The molecule has 1 aromatic heterocycles. The summed E-state index contributed by atoms with van der Waals surface area (Å²) in [5.41, 5.74) is 2.53. The highest BCUT2D eigenvalue weighted by atomic mass is 79.9.